The second kappa shape index (κ2) is 6.47. The zero-order valence-electron chi connectivity index (χ0n) is 8.55. The SMILES string of the molecule is CSCCC(=O)CCC1CCCC1. The molecular formula is C11H20OS. The van der Waals surface area contributed by atoms with Gasteiger partial charge in [-0.1, -0.05) is 25.7 Å². The van der Waals surface area contributed by atoms with Crippen LogP contribution in [0.1, 0.15) is 44.9 Å². The van der Waals surface area contributed by atoms with Crippen LogP contribution in [0.25, 0.3) is 0 Å². The minimum Gasteiger partial charge on any atom is -0.300 e. The average Bonchev–Trinajstić information content (AvgIpc) is 2.64. The number of hydrogen-bond acceptors (Lipinski definition) is 2. The fraction of sp³-hybridized carbons (Fsp3) is 0.909. The molecule has 0 spiro atoms. The van der Waals surface area contributed by atoms with Gasteiger partial charge in [-0.05, 0) is 24.3 Å². The molecular weight excluding hydrogens is 180 g/mol. The van der Waals surface area contributed by atoms with Crippen molar-refractivity contribution >= 4 is 17.5 Å². The third-order valence-corrected chi connectivity index (χ3v) is 3.50. The van der Waals surface area contributed by atoms with Crippen LogP contribution in [0.5, 0.6) is 0 Å². The first-order chi connectivity index (χ1) is 6.33. The summed E-state index contributed by atoms with van der Waals surface area (Å²) in [5, 5.41) is 0. The Morgan fingerprint density at radius 2 is 2.00 bits per heavy atom. The molecule has 0 aromatic carbocycles. The van der Waals surface area contributed by atoms with Crippen molar-refractivity contribution in [2.75, 3.05) is 12.0 Å². The van der Waals surface area contributed by atoms with Crippen LogP contribution in [-0.4, -0.2) is 17.8 Å². The molecule has 0 N–H and O–H groups in total. The van der Waals surface area contributed by atoms with Gasteiger partial charge in [-0.3, -0.25) is 4.79 Å². The van der Waals surface area contributed by atoms with Crippen LogP contribution in [-0.2, 0) is 4.79 Å². The van der Waals surface area contributed by atoms with Gasteiger partial charge in [-0.2, -0.15) is 11.8 Å². The van der Waals surface area contributed by atoms with E-state index < -0.39 is 0 Å². The van der Waals surface area contributed by atoms with E-state index in [0.717, 1.165) is 30.9 Å². The van der Waals surface area contributed by atoms with E-state index in [1.807, 2.05) is 0 Å². The highest BCUT2D eigenvalue weighted by atomic mass is 32.2. The zero-order valence-corrected chi connectivity index (χ0v) is 9.37. The molecule has 0 atom stereocenters. The highest BCUT2D eigenvalue weighted by Crippen LogP contribution is 2.28. The standard InChI is InChI=1S/C11H20OS/c1-13-9-8-11(12)7-6-10-4-2-3-5-10/h10H,2-9H2,1H3. The molecule has 0 heterocycles. The Balaban J connectivity index is 2.00. The zero-order chi connectivity index (χ0) is 9.52. The summed E-state index contributed by atoms with van der Waals surface area (Å²) in [5.41, 5.74) is 0. The fourth-order valence-corrected chi connectivity index (χ4v) is 2.44. The van der Waals surface area contributed by atoms with Crippen molar-refractivity contribution in [2.24, 2.45) is 5.92 Å². The first kappa shape index (κ1) is 11.1. The van der Waals surface area contributed by atoms with Gasteiger partial charge in [-0.15, -0.1) is 0 Å². The average molecular weight is 200 g/mol. The summed E-state index contributed by atoms with van der Waals surface area (Å²) in [6.07, 6.45) is 10.4. The Hall–Kier alpha value is 0.0200. The van der Waals surface area contributed by atoms with Crippen LogP contribution in [0.2, 0.25) is 0 Å². The van der Waals surface area contributed by atoms with E-state index in [1.165, 1.54) is 25.7 Å². The maximum atomic E-state index is 11.3. The fourth-order valence-electron chi connectivity index (χ4n) is 2.01. The summed E-state index contributed by atoms with van der Waals surface area (Å²) in [6, 6.07) is 0. The Bertz CT molecular complexity index is 150. The van der Waals surface area contributed by atoms with E-state index in [1.54, 1.807) is 11.8 Å². The van der Waals surface area contributed by atoms with Gasteiger partial charge in [0.25, 0.3) is 0 Å². The molecule has 1 aliphatic rings. The molecule has 1 fully saturated rings. The molecule has 0 aromatic rings. The van der Waals surface area contributed by atoms with Crippen molar-refractivity contribution in [3.8, 4) is 0 Å². The second-order valence-electron chi connectivity index (χ2n) is 3.97. The number of hydrogen-bond donors (Lipinski definition) is 0. The van der Waals surface area contributed by atoms with E-state index in [4.69, 9.17) is 0 Å². The van der Waals surface area contributed by atoms with Gasteiger partial charge in [-0.25, -0.2) is 0 Å². The molecule has 1 aliphatic carbocycles. The number of thioether (sulfide) groups is 1. The molecule has 0 unspecified atom stereocenters. The second-order valence-corrected chi connectivity index (χ2v) is 4.96. The minimum atomic E-state index is 0.473. The lowest BCUT2D eigenvalue weighted by Gasteiger charge is -2.06. The van der Waals surface area contributed by atoms with Crippen molar-refractivity contribution in [3.05, 3.63) is 0 Å². The Morgan fingerprint density at radius 1 is 1.31 bits per heavy atom. The number of carbonyl (C=O) groups is 1. The minimum absolute atomic E-state index is 0.473. The van der Waals surface area contributed by atoms with Crippen LogP contribution in [0.15, 0.2) is 0 Å². The van der Waals surface area contributed by atoms with Crippen LogP contribution < -0.4 is 0 Å². The smallest absolute Gasteiger partial charge is 0.133 e. The molecule has 0 aromatic heterocycles. The van der Waals surface area contributed by atoms with E-state index >= 15 is 0 Å². The van der Waals surface area contributed by atoms with Crippen molar-refractivity contribution in [3.63, 3.8) is 0 Å². The third kappa shape index (κ3) is 4.70. The Kier molecular flexibility index (Phi) is 5.52. The molecule has 76 valence electrons. The quantitative estimate of drug-likeness (QED) is 0.654. The highest BCUT2D eigenvalue weighted by Gasteiger charge is 2.15. The highest BCUT2D eigenvalue weighted by molar-refractivity contribution is 7.98. The summed E-state index contributed by atoms with van der Waals surface area (Å²) in [6.45, 7) is 0. The summed E-state index contributed by atoms with van der Waals surface area (Å²) >= 11 is 1.77. The van der Waals surface area contributed by atoms with E-state index in [-0.39, 0.29) is 0 Å². The molecule has 1 nitrogen and oxygen atoms in total. The van der Waals surface area contributed by atoms with E-state index in [2.05, 4.69) is 6.26 Å². The van der Waals surface area contributed by atoms with E-state index in [0.29, 0.717) is 5.78 Å². The van der Waals surface area contributed by atoms with Gasteiger partial charge in [0, 0.05) is 12.8 Å². The largest absolute Gasteiger partial charge is 0.300 e. The molecule has 0 saturated heterocycles. The van der Waals surface area contributed by atoms with Crippen molar-refractivity contribution in [2.45, 2.75) is 44.9 Å². The lowest BCUT2D eigenvalue weighted by atomic mass is 10.00. The van der Waals surface area contributed by atoms with Crippen molar-refractivity contribution < 1.29 is 4.79 Å². The molecule has 2 heteroatoms. The van der Waals surface area contributed by atoms with Crippen LogP contribution in [0.3, 0.4) is 0 Å². The molecule has 0 bridgehead atoms. The normalized spacial score (nSPS) is 17.9. The molecule has 1 saturated carbocycles. The first-order valence-electron chi connectivity index (χ1n) is 5.33. The molecule has 1 rings (SSSR count). The summed E-state index contributed by atoms with van der Waals surface area (Å²) < 4.78 is 0. The Labute approximate surface area is 85.7 Å². The number of rotatable bonds is 6. The number of carbonyl (C=O) groups excluding carboxylic acids is 1. The van der Waals surface area contributed by atoms with Gasteiger partial charge in [0.2, 0.25) is 0 Å². The number of Topliss-reactive ketones (excluding diaryl/α,β-unsaturated/α-hetero) is 1. The maximum absolute atomic E-state index is 11.3. The lowest BCUT2D eigenvalue weighted by molar-refractivity contribution is -0.118. The summed E-state index contributed by atoms with van der Waals surface area (Å²) in [4.78, 5) is 11.3. The van der Waals surface area contributed by atoms with Crippen molar-refractivity contribution in [1.29, 1.82) is 0 Å². The van der Waals surface area contributed by atoms with Gasteiger partial charge in [0.15, 0.2) is 0 Å². The topological polar surface area (TPSA) is 17.1 Å². The van der Waals surface area contributed by atoms with Crippen molar-refractivity contribution in [1.82, 2.24) is 0 Å². The summed E-state index contributed by atoms with van der Waals surface area (Å²) in [5.74, 6) is 2.35. The summed E-state index contributed by atoms with van der Waals surface area (Å²) in [7, 11) is 0. The van der Waals surface area contributed by atoms with Crippen LogP contribution in [0.4, 0.5) is 0 Å². The van der Waals surface area contributed by atoms with Gasteiger partial charge in [0.05, 0.1) is 0 Å². The van der Waals surface area contributed by atoms with Crippen LogP contribution in [0, 0.1) is 5.92 Å². The van der Waals surface area contributed by atoms with Gasteiger partial charge in [0.1, 0.15) is 5.78 Å². The predicted molar refractivity (Wildman–Crippen MR) is 59.2 cm³/mol. The van der Waals surface area contributed by atoms with Gasteiger partial charge < -0.3 is 0 Å². The molecule has 13 heavy (non-hydrogen) atoms. The van der Waals surface area contributed by atoms with E-state index in [9.17, 15) is 4.79 Å². The molecule has 0 aliphatic heterocycles. The van der Waals surface area contributed by atoms with Crippen LogP contribution >= 0.6 is 11.8 Å². The predicted octanol–water partition coefficient (Wildman–Crippen LogP) is 3.28. The number of ketones is 1. The Morgan fingerprint density at radius 3 is 2.62 bits per heavy atom. The maximum Gasteiger partial charge on any atom is 0.133 e. The first-order valence-corrected chi connectivity index (χ1v) is 6.73. The molecule has 0 amide bonds. The molecule has 0 radical (unpaired) electrons. The monoisotopic (exact) mass is 200 g/mol. The van der Waals surface area contributed by atoms with Gasteiger partial charge >= 0.3 is 0 Å². The third-order valence-electron chi connectivity index (χ3n) is 2.89. The lowest BCUT2D eigenvalue weighted by Crippen LogP contribution is -2.03.